The van der Waals surface area contributed by atoms with Crippen LogP contribution in [0.3, 0.4) is 0 Å². The van der Waals surface area contributed by atoms with Crippen LogP contribution in [-0.2, 0) is 13.2 Å². The highest BCUT2D eigenvalue weighted by Gasteiger charge is 2.11. The zero-order chi connectivity index (χ0) is 13.1. The Balaban J connectivity index is 1.66. The molecule has 19 heavy (non-hydrogen) atoms. The Hall–Kier alpha value is -2.14. The first-order valence-electron chi connectivity index (χ1n) is 6.17. The van der Waals surface area contributed by atoms with E-state index in [0.29, 0.717) is 25.5 Å². The molecule has 5 nitrogen and oxygen atoms in total. The minimum absolute atomic E-state index is 0.0793. The molecule has 2 N–H and O–H groups in total. The maximum absolute atomic E-state index is 8.92. The lowest BCUT2D eigenvalue weighted by Crippen LogP contribution is -2.15. The number of nitrogens with one attached hydrogen (secondary N) is 1. The molecular formula is C14H15NO4. The third-order valence-corrected chi connectivity index (χ3v) is 2.88. The van der Waals surface area contributed by atoms with E-state index < -0.39 is 0 Å². The molecule has 1 aliphatic rings. The first-order chi connectivity index (χ1) is 9.35. The SMILES string of the molecule is OCc1ccc(CNc2ccc3c(c2)OCCO3)o1. The number of hydrogen-bond donors (Lipinski definition) is 2. The number of rotatable bonds is 4. The monoisotopic (exact) mass is 261 g/mol. The minimum atomic E-state index is -0.0793. The van der Waals surface area contributed by atoms with Crippen LogP contribution in [0.25, 0.3) is 0 Å². The molecule has 0 amide bonds. The van der Waals surface area contributed by atoms with Crippen molar-refractivity contribution in [2.24, 2.45) is 0 Å². The van der Waals surface area contributed by atoms with Gasteiger partial charge >= 0.3 is 0 Å². The van der Waals surface area contributed by atoms with E-state index in [1.165, 1.54) is 0 Å². The van der Waals surface area contributed by atoms with Crippen molar-refractivity contribution in [1.29, 1.82) is 0 Å². The van der Waals surface area contributed by atoms with Crippen molar-refractivity contribution in [2.75, 3.05) is 18.5 Å². The van der Waals surface area contributed by atoms with Crippen molar-refractivity contribution in [3.63, 3.8) is 0 Å². The highest BCUT2D eigenvalue weighted by atomic mass is 16.6. The lowest BCUT2D eigenvalue weighted by molar-refractivity contribution is 0.171. The third kappa shape index (κ3) is 2.66. The first-order valence-corrected chi connectivity index (χ1v) is 6.17. The summed E-state index contributed by atoms with van der Waals surface area (Å²) in [7, 11) is 0. The van der Waals surface area contributed by atoms with Crippen molar-refractivity contribution in [1.82, 2.24) is 0 Å². The Bertz CT molecular complexity index is 564. The second-order valence-electron chi connectivity index (χ2n) is 4.24. The Morgan fingerprint density at radius 1 is 1.00 bits per heavy atom. The summed E-state index contributed by atoms with van der Waals surface area (Å²) in [4.78, 5) is 0. The number of aliphatic hydroxyl groups is 1. The Kier molecular flexibility index (Phi) is 3.29. The zero-order valence-electron chi connectivity index (χ0n) is 10.4. The molecule has 0 radical (unpaired) electrons. The fraction of sp³-hybridized carbons (Fsp3) is 0.286. The largest absolute Gasteiger partial charge is 0.486 e. The van der Waals surface area contributed by atoms with Crippen LogP contribution in [0.5, 0.6) is 11.5 Å². The second-order valence-corrected chi connectivity index (χ2v) is 4.24. The average molecular weight is 261 g/mol. The van der Waals surface area contributed by atoms with Crippen LogP contribution < -0.4 is 14.8 Å². The maximum Gasteiger partial charge on any atom is 0.163 e. The molecule has 1 aromatic carbocycles. The van der Waals surface area contributed by atoms with Gasteiger partial charge in [0.25, 0.3) is 0 Å². The number of hydrogen-bond acceptors (Lipinski definition) is 5. The molecular weight excluding hydrogens is 246 g/mol. The molecule has 1 aromatic heterocycles. The van der Waals surface area contributed by atoms with Crippen LogP contribution in [0.4, 0.5) is 5.69 Å². The standard InChI is InChI=1S/C14H15NO4/c16-9-12-3-2-11(19-12)8-15-10-1-4-13-14(7-10)18-6-5-17-13/h1-4,7,15-16H,5-6,8-9H2. The first kappa shape index (κ1) is 11.9. The topological polar surface area (TPSA) is 63.9 Å². The predicted molar refractivity (Wildman–Crippen MR) is 69.4 cm³/mol. The van der Waals surface area contributed by atoms with E-state index in [1.54, 1.807) is 6.07 Å². The van der Waals surface area contributed by atoms with Crippen LogP contribution in [-0.4, -0.2) is 18.3 Å². The van der Waals surface area contributed by atoms with Crippen LogP contribution in [0.1, 0.15) is 11.5 Å². The summed E-state index contributed by atoms with van der Waals surface area (Å²) >= 11 is 0. The molecule has 0 atom stereocenters. The van der Waals surface area contributed by atoms with Crippen molar-refractivity contribution < 1.29 is 19.0 Å². The van der Waals surface area contributed by atoms with Crippen molar-refractivity contribution in [3.8, 4) is 11.5 Å². The number of aliphatic hydroxyl groups excluding tert-OH is 1. The normalized spacial score (nSPS) is 13.3. The van der Waals surface area contributed by atoms with Gasteiger partial charge in [-0.25, -0.2) is 0 Å². The Labute approximate surface area is 110 Å². The van der Waals surface area contributed by atoms with Crippen LogP contribution >= 0.6 is 0 Å². The van der Waals surface area contributed by atoms with Crippen molar-refractivity contribution in [2.45, 2.75) is 13.2 Å². The summed E-state index contributed by atoms with van der Waals surface area (Å²) in [5.41, 5.74) is 0.936. The number of anilines is 1. The van der Waals surface area contributed by atoms with Gasteiger partial charge in [-0.3, -0.25) is 0 Å². The molecule has 0 bridgehead atoms. The van der Waals surface area contributed by atoms with Gasteiger partial charge in [0.05, 0.1) is 6.54 Å². The van der Waals surface area contributed by atoms with Gasteiger partial charge in [0, 0.05) is 11.8 Å². The molecule has 0 saturated carbocycles. The number of ether oxygens (including phenoxy) is 2. The van der Waals surface area contributed by atoms with Crippen molar-refractivity contribution in [3.05, 3.63) is 41.9 Å². The van der Waals surface area contributed by atoms with Crippen LogP contribution in [0.2, 0.25) is 0 Å². The van der Waals surface area contributed by atoms with E-state index in [-0.39, 0.29) is 6.61 Å². The van der Waals surface area contributed by atoms with Crippen LogP contribution in [0, 0.1) is 0 Å². The van der Waals surface area contributed by atoms with E-state index in [1.807, 2.05) is 24.3 Å². The minimum Gasteiger partial charge on any atom is -0.486 e. The molecule has 0 aliphatic carbocycles. The summed E-state index contributed by atoms with van der Waals surface area (Å²) in [6.45, 7) is 1.65. The van der Waals surface area contributed by atoms with E-state index in [4.69, 9.17) is 19.0 Å². The average Bonchev–Trinajstić information content (AvgIpc) is 2.93. The van der Waals surface area contributed by atoms with E-state index >= 15 is 0 Å². The molecule has 100 valence electrons. The molecule has 5 heteroatoms. The number of benzene rings is 1. The lowest BCUT2D eigenvalue weighted by atomic mass is 10.2. The lowest BCUT2D eigenvalue weighted by Gasteiger charge is -2.19. The summed E-state index contributed by atoms with van der Waals surface area (Å²) in [5, 5.41) is 12.2. The zero-order valence-corrected chi connectivity index (χ0v) is 10.4. The fourth-order valence-electron chi connectivity index (χ4n) is 1.94. The highest BCUT2D eigenvalue weighted by Crippen LogP contribution is 2.32. The van der Waals surface area contributed by atoms with Gasteiger partial charge in [-0.1, -0.05) is 0 Å². The van der Waals surface area contributed by atoms with E-state index in [0.717, 1.165) is 22.9 Å². The van der Waals surface area contributed by atoms with Crippen molar-refractivity contribution >= 4 is 5.69 Å². The predicted octanol–water partition coefficient (Wildman–Crippen LogP) is 2.16. The van der Waals surface area contributed by atoms with Crippen LogP contribution in [0.15, 0.2) is 34.7 Å². The number of fused-ring (bicyclic) bond motifs is 1. The summed E-state index contributed by atoms with van der Waals surface area (Å²) in [6.07, 6.45) is 0. The fourth-order valence-corrected chi connectivity index (χ4v) is 1.94. The van der Waals surface area contributed by atoms with Gasteiger partial charge in [0.1, 0.15) is 31.3 Å². The van der Waals surface area contributed by atoms with E-state index in [9.17, 15) is 0 Å². The highest BCUT2D eigenvalue weighted by molar-refractivity contribution is 5.55. The summed E-state index contributed by atoms with van der Waals surface area (Å²) in [6, 6.07) is 9.34. The second kappa shape index (κ2) is 5.24. The Morgan fingerprint density at radius 2 is 1.79 bits per heavy atom. The maximum atomic E-state index is 8.92. The number of furan rings is 1. The third-order valence-electron chi connectivity index (χ3n) is 2.88. The van der Waals surface area contributed by atoms with Gasteiger partial charge in [-0.2, -0.15) is 0 Å². The molecule has 1 aliphatic heterocycles. The summed E-state index contributed by atoms with van der Waals surface area (Å²) in [5.74, 6) is 2.88. The molecule has 2 heterocycles. The van der Waals surface area contributed by atoms with Gasteiger partial charge in [-0.05, 0) is 24.3 Å². The molecule has 2 aromatic rings. The molecule has 0 spiro atoms. The van der Waals surface area contributed by atoms with Gasteiger partial charge in [0.15, 0.2) is 11.5 Å². The smallest absolute Gasteiger partial charge is 0.163 e. The van der Waals surface area contributed by atoms with E-state index in [2.05, 4.69) is 5.32 Å². The molecule has 0 saturated heterocycles. The Morgan fingerprint density at radius 3 is 2.58 bits per heavy atom. The molecule has 0 unspecified atom stereocenters. The van der Waals surface area contributed by atoms with Gasteiger partial charge in [-0.15, -0.1) is 0 Å². The molecule has 0 fully saturated rings. The van der Waals surface area contributed by atoms with Gasteiger partial charge < -0.3 is 24.3 Å². The quantitative estimate of drug-likeness (QED) is 0.883. The molecule has 3 rings (SSSR count). The van der Waals surface area contributed by atoms with Gasteiger partial charge in [0.2, 0.25) is 0 Å². The summed E-state index contributed by atoms with van der Waals surface area (Å²) < 4.78 is 16.4.